The van der Waals surface area contributed by atoms with Crippen molar-refractivity contribution in [3.63, 3.8) is 0 Å². The molecule has 0 radical (unpaired) electrons. The average Bonchev–Trinajstić information content (AvgIpc) is 2.93. The number of likely N-dealkylation sites (tertiary alicyclic amines) is 1. The molecule has 1 heterocycles. The molecule has 1 saturated heterocycles. The average molecular weight is 318 g/mol. The summed E-state index contributed by atoms with van der Waals surface area (Å²) in [6.07, 6.45) is 1.83. The van der Waals surface area contributed by atoms with Gasteiger partial charge in [0.15, 0.2) is 0 Å². The van der Waals surface area contributed by atoms with Crippen LogP contribution in [0.5, 0.6) is 0 Å². The van der Waals surface area contributed by atoms with Crippen LogP contribution in [0, 0.1) is 12.8 Å². The Morgan fingerprint density at radius 1 is 1.43 bits per heavy atom. The zero-order valence-electron chi connectivity index (χ0n) is 15.1. The van der Waals surface area contributed by atoms with E-state index in [2.05, 4.69) is 36.5 Å². The van der Waals surface area contributed by atoms with Gasteiger partial charge in [-0.3, -0.25) is 0 Å². The van der Waals surface area contributed by atoms with Gasteiger partial charge in [0.1, 0.15) is 5.60 Å². The molecule has 2 rings (SSSR count). The first-order valence-corrected chi connectivity index (χ1v) is 8.49. The van der Waals surface area contributed by atoms with Crippen molar-refractivity contribution in [2.24, 2.45) is 5.92 Å². The van der Waals surface area contributed by atoms with Crippen LogP contribution in [0.3, 0.4) is 0 Å². The standard InChI is InChI=1S/C19H30N2O2/c1-14-7-6-8-15(11-14)12-17(20-5)16-9-10-21(13-16)18(22)23-19(2,3)4/h6-8,11,16-17,20H,9-10,12-13H2,1-5H3. The summed E-state index contributed by atoms with van der Waals surface area (Å²) in [5.41, 5.74) is 2.21. The van der Waals surface area contributed by atoms with Gasteiger partial charge in [0.2, 0.25) is 0 Å². The van der Waals surface area contributed by atoms with Crippen LogP contribution in [0.15, 0.2) is 24.3 Å². The first-order valence-electron chi connectivity index (χ1n) is 8.49. The number of ether oxygens (including phenoxy) is 1. The highest BCUT2D eigenvalue weighted by atomic mass is 16.6. The lowest BCUT2D eigenvalue weighted by atomic mass is 9.92. The summed E-state index contributed by atoms with van der Waals surface area (Å²) >= 11 is 0. The molecule has 2 atom stereocenters. The zero-order valence-corrected chi connectivity index (χ0v) is 15.1. The summed E-state index contributed by atoms with van der Waals surface area (Å²) in [7, 11) is 2.01. The third-order valence-electron chi connectivity index (χ3n) is 4.35. The van der Waals surface area contributed by atoms with E-state index in [1.807, 2.05) is 32.7 Å². The Morgan fingerprint density at radius 3 is 2.78 bits per heavy atom. The van der Waals surface area contributed by atoms with Crippen molar-refractivity contribution in [2.45, 2.75) is 52.2 Å². The van der Waals surface area contributed by atoms with Gasteiger partial charge in [0.25, 0.3) is 0 Å². The van der Waals surface area contributed by atoms with Crippen LogP contribution in [0.2, 0.25) is 0 Å². The molecule has 0 aliphatic carbocycles. The van der Waals surface area contributed by atoms with Crippen LogP contribution < -0.4 is 5.32 Å². The lowest BCUT2D eigenvalue weighted by Crippen LogP contribution is -2.39. The summed E-state index contributed by atoms with van der Waals surface area (Å²) in [6.45, 7) is 9.40. The van der Waals surface area contributed by atoms with Crippen LogP contribution in [0.4, 0.5) is 4.79 Å². The van der Waals surface area contributed by atoms with Gasteiger partial charge >= 0.3 is 6.09 Å². The second kappa shape index (κ2) is 7.35. The number of aryl methyl sites for hydroxylation is 1. The maximum Gasteiger partial charge on any atom is 0.410 e. The predicted octanol–water partition coefficient (Wildman–Crippen LogP) is 3.38. The largest absolute Gasteiger partial charge is 0.444 e. The van der Waals surface area contributed by atoms with E-state index in [9.17, 15) is 4.79 Å². The topological polar surface area (TPSA) is 41.6 Å². The summed E-state index contributed by atoms with van der Waals surface area (Å²) in [5.74, 6) is 0.466. The number of amides is 1. The van der Waals surface area contributed by atoms with Gasteiger partial charge in [-0.2, -0.15) is 0 Å². The molecule has 2 unspecified atom stereocenters. The van der Waals surface area contributed by atoms with Crippen molar-refractivity contribution in [3.05, 3.63) is 35.4 Å². The molecule has 0 aromatic heterocycles. The highest BCUT2D eigenvalue weighted by Crippen LogP contribution is 2.24. The molecule has 23 heavy (non-hydrogen) atoms. The summed E-state index contributed by atoms with van der Waals surface area (Å²) in [6, 6.07) is 9.03. The van der Waals surface area contributed by atoms with Crippen molar-refractivity contribution < 1.29 is 9.53 Å². The molecule has 1 aliphatic rings. The molecule has 0 spiro atoms. The van der Waals surface area contributed by atoms with E-state index in [1.54, 1.807) is 0 Å². The molecule has 1 aromatic rings. The molecular formula is C19H30N2O2. The molecule has 4 nitrogen and oxygen atoms in total. The minimum atomic E-state index is -0.431. The minimum absolute atomic E-state index is 0.189. The van der Waals surface area contributed by atoms with Crippen LogP contribution in [0.1, 0.15) is 38.3 Å². The number of rotatable bonds is 4. The van der Waals surface area contributed by atoms with Gasteiger partial charge in [-0.1, -0.05) is 29.8 Å². The number of likely N-dealkylation sites (N-methyl/N-ethyl adjacent to an activating group) is 1. The van der Waals surface area contributed by atoms with Crippen LogP contribution in [-0.2, 0) is 11.2 Å². The van der Waals surface area contributed by atoms with E-state index in [0.29, 0.717) is 12.0 Å². The number of hydrogen-bond donors (Lipinski definition) is 1. The molecule has 1 aromatic carbocycles. The Bertz CT molecular complexity index is 536. The first kappa shape index (κ1) is 17.8. The Hall–Kier alpha value is -1.55. The third kappa shape index (κ3) is 5.24. The first-order chi connectivity index (χ1) is 10.8. The fourth-order valence-electron chi connectivity index (χ4n) is 3.21. The quantitative estimate of drug-likeness (QED) is 0.925. The monoisotopic (exact) mass is 318 g/mol. The smallest absolute Gasteiger partial charge is 0.410 e. The van der Waals surface area contributed by atoms with Gasteiger partial charge in [-0.15, -0.1) is 0 Å². The number of benzene rings is 1. The third-order valence-corrected chi connectivity index (χ3v) is 4.35. The second-order valence-corrected chi connectivity index (χ2v) is 7.56. The van der Waals surface area contributed by atoms with Crippen molar-refractivity contribution in [1.82, 2.24) is 10.2 Å². The van der Waals surface area contributed by atoms with Gasteiger partial charge in [-0.25, -0.2) is 4.79 Å². The number of nitrogens with one attached hydrogen (secondary N) is 1. The number of carbonyl (C=O) groups is 1. The molecule has 0 saturated carbocycles. The fraction of sp³-hybridized carbons (Fsp3) is 0.632. The Morgan fingerprint density at radius 2 is 2.17 bits per heavy atom. The van der Waals surface area contributed by atoms with Crippen molar-refractivity contribution in [1.29, 1.82) is 0 Å². The van der Waals surface area contributed by atoms with Gasteiger partial charge in [0, 0.05) is 19.1 Å². The maximum atomic E-state index is 12.2. The maximum absolute atomic E-state index is 12.2. The number of nitrogens with zero attached hydrogens (tertiary/aromatic N) is 1. The summed E-state index contributed by atoms with van der Waals surface area (Å²) in [4.78, 5) is 14.0. The molecule has 1 N–H and O–H groups in total. The van der Waals surface area contributed by atoms with Crippen LogP contribution in [0.25, 0.3) is 0 Å². The number of carbonyl (C=O) groups excluding carboxylic acids is 1. The van der Waals surface area contributed by atoms with Gasteiger partial charge in [-0.05, 0) is 59.1 Å². The van der Waals surface area contributed by atoms with Crippen molar-refractivity contribution >= 4 is 6.09 Å². The van der Waals surface area contributed by atoms with E-state index in [1.165, 1.54) is 11.1 Å². The summed E-state index contributed by atoms with van der Waals surface area (Å²) in [5, 5.41) is 3.44. The van der Waals surface area contributed by atoms with E-state index >= 15 is 0 Å². The molecule has 1 fully saturated rings. The zero-order chi connectivity index (χ0) is 17.0. The lowest BCUT2D eigenvalue weighted by Gasteiger charge is -2.26. The summed E-state index contributed by atoms with van der Waals surface area (Å²) < 4.78 is 5.48. The van der Waals surface area contributed by atoms with E-state index in [-0.39, 0.29) is 6.09 Å². The highest BCUT2D eigenvalue weighted by Gasteiger charge is 2.33. The SMILES string of the molecule is CNC(Cc1cccc(C)c1)C1CCN(C(=O)OC(C)(C)C)C1. The fourth-order valence-corrected chi connectivity index (χ4v) is 3.21. The van der Waals surface area contributed by atoms with E-state index in [4.69, 9.17) is 4.74 Å². The molecule has 1 aliphatic heterocycles. The molecule has 4 heteroatoms. The Labute approximate surface area is 140 Å². The van der Waals surface area contributed by atoms with E-state index < -0.39 is 5.60 Å². The molecule has 0 bridgehead atoms. The molecule has 1 amide bonds. The molecule has 128 valence electrons. The van der Waals surface area contributed by atoms with E-state index in [0.717, 1.165) is 25.9 Å². The predicted molar refractivity (Wildman–Crippen MR) is 93.6 cm³/mol. The highest BCUT2D eigenvalue weighted by molar-refractivity contribution is 5.68. The van der Waals surface area contributed by atoms with Crippen molar-refractivity contribution in [2.75, 3.05) is 20.1 Å². The number of hydrogen-bond acceptors (Lipinski definition) is 3. The normalized spacial score (nSPS) is 19.7. The Balaban J connectivity index is 1.94. The van der Waals surface area contributed by atoms with Crippen molar-refractivity contribution in [3.8, 4) is 0 Å². The van der Waals surface area contributed by atoms with Gasteiger partial charge in [0.05, 0.1) is 0 Å². The van der Waals surface area contributed by atoms with Crippen LogP contribution in [-0.4, -0.2) is 42.8 Å². The lowest BCUT2D eigenvalue weighted by molar-refractivity contribution is 0.0285. The van der Waals surface area contributed by atoms with Crippen LogP contribution >= 0.6 is 0 Å². The Kier molecular flexibility index (Phi) is 5.69. The minimum Gasteiger partial charge on any atom is -0.444 e. The second-order valence-electron chi connectivity index (χ2n) is 7.56. The molecular weight excluding hydrogens is 288 g/mol. The van der Waals surface area contributed by atoms with Gasteiger partial charge < -0.3 is 15.0 Å².